The van der Waals surface area contributed by atoms with Crippen molar-refractivity contribution in [3.05, 3.63) is 35.3 Å². The molecule has 2 aromatic rings. The molecule has 1 aromatic heterocycles. The monoisotopic (exact) mass is 409 g/mol. The molecule has 1 fully saturated rings. The molecule has 3 rings (SSSR count). The average molecular weight is 410 g/mol. The highest BCUT2D eigenvalue weighted by Gasteiger charge is 2.27. The van der Waals surface area contributed by atoms with Gasteiger partial charge in [0.2, 0.25) is 5.91 Å². The summed E-state index contributed by atoms with van der Waals surface area (Å²) in [6.07, 6.45) is 5.20. The lowest BCUT2D eigenvalue weighted by Gasteiger charge is -2.26. The number of carbonyl (C=O) groups excluding carboxylic acids is 1. The third kappa shape index (κ3) is 5.06. The Labute approximate surface area is 162 Å². The number of hydrogen-bond donors (Lipinski definition) is 2. The van der Waals surface area contributed by atoms with Crippen molar-refractivity contribution in [2.45, 2.75) is 30.1 Å². The smallest absolute Gasteiger partial charge is 0.233 e. The van der Waals surface area contributed by atoms with Gasteiger partial charge in [-0.3, -0.25) is 4.79 Å². The van der Waals surface area contributed by atoms with E-state index in [9.17, 15) is 13.2 Å². The number of nitrogens with two attached hydrogens (primary N) is 1. The van der Waals surface area contributed by atoms with Gasteiger partial charge in [-0.2, -0.15) is 0 Å². The topological polar surface area (TPSA) is 111 Å². The maximum atomic E-state index is 12.9. The molecule has 1 aliphatic rings. The van der Waals surface area contributed by atoms with E-state index in [2.05, 4.69) is 10.3 Å². The zero-order valence-corrected chi connectivity index (χ0v) is 16.7. The standard InChI is InChI=1S/C18H23N3O4S2/c1-27(23,24)16-3-2-13(11-15(16)19)14(10-12-4-7-25-8-5-12)17(22)21-18-20-6-9-26-18/h2-3,6,9,11-12,14H,4-5,7-8,10,19H2,1H3,(H,20,21,22). The van der Waals surface area contributed by atoms with Crippen LogP contribution in [0.3, 0.4) is 0 Å². The summed E-state index contributed by atoms with van der Waals surface area (Å²) in [5, 5.41) is 5.19. The first-order valence-corrected chi connectivity index (χ1v) is 11.5. The van der Waals surface area contributed by atoms with Crippen molar-refractivity contribution in [3.63, 3.8) is 0 Å². The summed E-state index contributed by atoms with van der Waals surface area (Å²) in [5.41, 5.74) is 6.84. The van der Waals surface area contributed by atoms with E-state index in [1.807, 2.05) is 0 Å². The molecule has 1 amide bonds. The highest BCUT2D eigenvalue weighted by Crippen LogP contribution is 2.33. The lowest BCUT2D eigenvalue weighted by atomic mass is 9.84. The molecule has 1 atom stereocenters. The number of nitrogens with one attached hydrogen (secondary N) is 1. The molecule has 1 aliphatic heterocycles. The lowest BCUT2D eigenvalue weighted by molar-refractivity contribution is -0.118. The van der Waals surface area contributed by atoms with Crippen LogP contribution in [0.2, 0.25) is 0 Å². The number of amides is 1. The van der Waals surface area contributed by atoms with E-state index in [1.54, 1.807) is 23.7 Å². The lowest BCUT2D eigenvalue weighted by Crippen LogP contribution is -2.26. The van der Waals surface area contributed by atoms with Crippen molar-refractivity contribution < 1.29 is 17.9 Å². The number of rotatable bonds is 6. The Bertz CT molecular complexity index is 891. The van der Waals surface area contributed by atoms with E-state index in [0.717, 1.165) is 19.1 Å². The van der Waals surface area contributed by atoms with Gasteiger partial charge < -0.3 is 15.8 Å². The van der Waals surface area contributed by atoms with Crippen molar-refractivity contribution in [3.8, 4) is 0 Å². The normalized spacial score (nSPS) is 16.8. The molecule has 2 heterocycles. The number of aromatic nitrogens is 1. The van der Waals surface area contributed by atoms with Crippen LogP contribution in [0.15, 0.2) is 34.7 Å². The summed E-state index contributed by atoms with van der Waals surface area (Å²) in [7, 11) is -3.41. The summed E-state index contributed by atoms with van der Waals surface area (Å²) < 4.78 is 29.0. The highest BCUT2D eigenvalue weighted by molar-refractivity contribution is 7.90. The Morgan fingerprint density at radius 3 is 2.74 bits per heavy atom. The van der Waals surface area contributed by atoms with Crippen molar-refractivity contribution in [2.24, 2.45) is 5.92 Å². The summed E-state index contributed by atoms with van der Waals surface area (Å²) in [6.45, 7) is 1.39. The molecule has 1 aromatic carbocycles. The van der Waals surface area contributed by atoms with Crippen LogP contribution >= 0.6 is 11.3 Å². The van der Waals surface area contributed by atoms with E-state index < -0.39 is 15.8 Å². The van der Waals surface area contributed by atoms with Crippen LogP contribution in [0.4, 0.5) is 10.8 Å². The van der Waals surface area contributed by atoms with Crippen LogP contribution < -0.4 is 11.1 Å². The third-order valence-corrected chi connectivity index (χ3v) is 6.58. The van der Waals surface area contributed by atoms with Gasteiger partial charge in [-0.25, -0.2) is 13.4 Å². The quantitative estimate of drug-likeness (QED) is 0.710. The second-order valence-corrected chi connectivity index (χ2v) is 9.62. The number of nitrogens with zero attached hydrogens (tertiary/aromatic N) is 1. The molecule has 1 saturated heterocycles. The number of thiazole rings is 1. The second kappa shape index (κ2) is 8.37. The first-order valence-electron chi connectivity index (χ1n) is 8.72. The van der Waals surface area contributed by atoms with Gasteiger partial charge in [-0.05, 0) is 42.9 Å². The zero-order valence-electron chi connectivity index (χ0n) is 15.1. The van der Waals surface area contributed by atoms with Gasteiger partial charge in [0.05, 0.1) is 16.5 Å². The maximum Gasteiger partial charge on any atom is 0.233 e. The minimum atomic E-state index is -3.41. The summed E-state index contributed by atoms with van der Waals surface area (Å²) in [5.74, 6) is -0.238. The van der Waals surface area contributed by atoms with Crippen molar-refractivity contribution in [1.29, 1.82) is 0 Å². The first kappa shape index (κ1) is 19.8. The molecule has 0 radical (unpaired) electrons. The maximum absolute atomic E-state index is 12.9. The van der Waals surface area contributed by atoms with Crippen LogP contribution in [0.5, 0.6) is 0 Å². The fraction of sp³-hybridized carbons (Fsp3) is 0.444. The Balaban J connectivity index is 1.88. The number of carbonyl (C=O) groups is 1. The third-order valence-electron chi connectivity index (χ3n) is 4.72. The molecule has 146 valence electrons. The number of hydrogen-bond acceptors (Lipinski definition) is 7. The van der Waals surface area contributed by atoms with E-state index in [4.69, 9.17) is 10.5 Å². The second-order valence-electron chi connectivity index (χ2n) is 6.74. The molecule has 0 saturated carbocycles. The summed E-state index contributed by atoms with van der Waals surface area (Å²) >= 11 is 1.35. The van der Waals surface area contributed by atoms with E-state index >= 15 is 0 Å². The summed E-state index contributed by atoms with van der Waals surface area (Å²) in [6, 6.07) is 4.76. The number of sulfone groups is 1. The van der Waals surface area contributed by atoms with Gasteiger partial charge in [0.15, 0.2) is 15.0 Å². The zero-order chi connectivity index (χ0) is 19.4. The summed E-state index contributed by atoms with van der Waals surface area (Å²) in [4.78, 5) is 17.1. The Hall–Kier alpha value is -1.97. The van der Waals surface area contributed by atoms with Crippen LogP contribution in [0, 0.1) is 5.92 Å². The van der Waals surface area contributed by atoms with Crippen molar-refractivity contribution in [2.75, 3.05) is 30.5 Å². The van der Waals surface area contributed by atoms with E-state index in [1.165, 1.54) is 17.4 Å². The average Bonchev–Trinajstić information content (AvgIpc) is 3.12. The number of nitrogen functional groups attached to an aromatic ring is 1. The first-order chi connectivity index (χ1) is 12.8. The number of ether oxygens (including phenoxy) is 1. The predicted octanol–water partition coefficient (Wildman–Crippen LogP) is 2.67. The van der Waals surface area contributed by atoms with Gasteiger partial charge in [-0.1, -0.05) is 6.07 Å². The fourth-order valence-corrected chi connectivity index (χ4v) is 4.64. The fourth-order valence-electron chi connectivity index (χ4n) is 3.31. The van der Waals surface area contributed by atoms with Gasteiger partial charge in [0, 0.05) is 31.0 Å². The molecule has 1 unspecified atom stereocenters. The van der Waals surface area contributed by atoms with Gasteiger partial charge in [-0.15, -0.1) is 11.3 Å². The van der Waals surface area contributed by atoms with Crippen LogP contribution in [0.1, 0.15) is 30.7 Å². The molecule has 9 heteroatoms. The molecule has 3 N–H and O–H groups in total. The number of benzene rings is 1. The van der Waals surface area contributed by atoms with Gasteiger partial charge in [0.25, 0.3) is 0 Å². The molecular formula is C18H23N3O4S2. The molecular weight excluding hydrogens is 386 g/mol. The number of anilines is 2. The van der Waals surface area contributed by atoms with Crippen LogP contribution in [0.25, 0.3) is 0 Å². The van der Waals surface area contributed by atoms with E-state index in [-0.39, 0.29) is 16.5 Å². The Kier molecular flexibility index (Phi) is 6.13. The minimum Gasteiger partial charge on any atom is -0.398 e. The van der Waals surface area contributed by atoms with Gasteiger partial charge in [0.1, 0.15) is 0 Å². The molecule has 0 spiro atoms. The predicted molar refractivity (Wildman–Crippen MR) is 106 cm³/mol. The minimum absolute atomic E-state index is 0.0800. The molecule has 0 bridgehead atoms. The largest absolute Gasteiger partial charge is 0.398 e. The van der Waals surface area contributed by atoms with Crippen molar-refractivity contribution >= 4 is 37.9 Å². The molecule has 7 nitrogen and oxygen atoms in total. The van der Waals surface area contributed by atoms with Crippen LogP contribution in [-0.4, -0.2) is 38.8 Å². The Morgan fingerprint density at radius 1 is 1.41 bits per heavy atom. The van der Waals surface area contributed by atoms with Gasteiger partial charge >= 0.3 is 0 Å². The van der Waals surface area contributed by atoms with Crippen LogP contribution in [-0.2, 0) is 19.4 Å². The van der Waals surface area contributed by atoms with Crippen molar-refractivity contribution in [1.82, 2.24) is 4.98 Å². The van der Waals surface area contributed by atoms with E-state index in [0.29, 0.717) is 36.2 Å². The SMILES string of the molecule is CS(=O)(=O)c1ccc(C(CC2CCOCC2)C(=O)Nc2nccs2)cc1N. The highest BCUT2D eigenvalue weighted by atomic mass is 32.2. The Morgan fingerprint density at radius 2 is 2.15 bits per heavy atom. The molecule has 0 aliphatic carbocycles. The molecule has 27 heavy (non-hydrogen) atoms.